The van der Waals surface area contributed by atoms with E-state index in [-0.39, 0.29) is 5.41 Å². The van der Waals surface area contributed by atoms with Gasteiger partial charge in [0.15, 0.2) is 0 Å². The maximum Gasteiger partial charge on any atom is 0.119 e. The summed E-state index contributed by atoms with van der Waals surface area (Å²) >= 11 is 0. The van der Waals surface area contributed by atoms with Crippen LogP contribution in [0, 0.1) is 0 Å². The maximum atomic E-state index is 10.7. The van der Waals surface area contributed by atoms with Crippen LogP contribution in [0.25, 0.3) is 0 Å². The molecule has 114 valence electrons. The number of benzene rings is 1. The Hall–Kier alpha value is -1.81. The van der Waals surface area contributed by atoms with Crippen molar-refractivity contribution in [2.75, 3.05) is 6.61 Å². The minimum atomic E-state index is -0.701. The molecule has 1 aromatic heterocycles. The molecule has 2 rings (SSSR count). The SMILES string of the molecule is CCOc1cccc(C(O)c2cn(C)nc2C(C)(C)C)c1. The first-order valence-electron chi connectivity index (χ1n) is 7.27. The van der Waals surface area contributed by atoms with E-state index >= 15 is 0 Å². The molecule has 0 saturated carbocycles. The summed E-state index contributed by atoms with van der Waals surface area (Å²) in [7, 11) is 1.88. The Morgan fingerprint density at radius 1 is 1.33 bits per heavy atom. The van der Waals surface area contributed by atoms with Gasteiger partial charge in [0, 0.05) is 24.2 Å². The second kappa shape index (κ2) is 5.90. The fourth-order valence-corrected chi connectivity index (χ4v) is 2.41. The number of aryl methyl sites for hydroxylation is 1. The number of rotatable bonds is 4. The topological polar surface area (TPSA) is 47.3 Å². The van der Waals surface area contributed by atoms with Gasteiger partial charge in [0.25, 0.3) is 0 Å². The first kappa shape index (κ1) is 15.6. The fraction of sp³-hybridized carbons (Fsp3) is 0.471. The lowest BCUT2D eigenvalue weighted by Crippen LogP contribution is -2.16. The summed E-state index contributed by atoms with van der Waals surface area (Å²) in [4.78, 5) is 0. The Bertz CT molecular complexity index is 611. The highest BCUT2D eigenvalue weighted by molar-refractivity contribution is 5.37. The molecule has 0 saturated heterocycles. The monoisotopic (exact) mass is 288 g/mol. The van der Waals surface area contributed by atoms with Crippen molar-refractivity contribution >= 4 is 0 Å². The van der Waals surface area contributed by atoms with E-state index in [0.29, 0.717) is 6.61 Å². The lowest BCUT2D eigenvalue weighted by molar-refractivity contribution is 0.216. The number of aliphatic hydroxyl groups is 1. The number of ether oxygens (including phenoxy) is 1. The van der Waals surface area contributed by atoms with E-state index in [2.05, 4.69) is 25.9 Å². The van der Waals surface area contributed by atoms with E-state index in [1.807, 2.05) is 44.4 Å². The van der Waals surface area contributed by atoms with Crippen molar-refractivity contribution < 1.29 is 9.84 Å². The Balaban J connectivity index is 2.40. The second-order valence-corrected chi connectivity index (χ2v) is 6.26. The van der Waals surface area contributed by atoms with Crippen LogP contribution in [0.4, 0.5) is 0 Å². The Morgan fingerprint density at radius 3 is 2.67 bits per heavy atom. The lowest BCUT2D eigenvalue weighted by atomic mass is 9.87. The van der Waals surface area contributed by atoms with Gasteiger partial charge in [0.05, 0.1) is 12.3 Å². The van der Waals surface area contributed by atoms with Gasteiger partial charge >= 0.3 is 0 Å². The zero-order valence-electron chi connectivity index (χ0n) is 13.4. The molecule has 4 heteroatoms. The smallest absolute Gasteiger partial charge is 0.119 e. The number of hydrogen-bond donors (Lipinski definition) is 1. The molecule has 1 unspecified atom stereocenters. The van der Waals surface area contributed by atoms with Gasteiger partial charge in [-0.3, -0.25) is 4.68 Å². The summed E-state index contributed by atoms with van der Waals surface area (Å²) in [6.07, 6.45) is 1.19. The van der Waals surface area contributed by atoms with E-state index in [1.54, 1.807) is 4.68 Å². The molecular weight excluding hydrogens is 264 g/mol. The van der Waals surface area contributed by atoms with Crippen LogP contribution in [-0.2, 0) is 12.5 Å². The standard InChI is InChI=1S/C17H24N2O2/c1-6-21-13-9-7-8-12(10-13)15(20)14-11-19(5)18-16(14)17(2,3)4/h7-11,15,20H,6H2,1-5H3. The van der Waals surface area contributed by atoms with Gasteiger partial charge in [0.1, 0.15) is 11.9 Å². The zero-order valence-corrected chi connectivity index (χ0v) is 13.4. The Kier molecular flexibility index (Phi) is 4.37. The van der Waals surface area contributed by atoms with Gasteiger partial charge in [0.2, 0.25) is 0 Å². The molecule has 21 heavy (non-hydrogen) atoms. The normalized spacial score (nSPS) is 13.2. The summed E-state index contributed by atoms with van der Waals surface area (Å²) in [5, 5.41) is 15.2. The van der Waals surface area contributed by atoms with Crippen LogP contribution in [0.1, 0.15) is 50.6 Å². The van der Waals surface area contributed by atoms with Crippen molar-refractivity contribution in [1.29, 1.82) is 0 Å². The quantitative estimate of drug-likeness (QED) is 0.940. The van der Waals surface area contributed by atoms with Crippen LogP contribution < -0.4 is 4.74 Å². The van der Waals surface area contributed by atoms with Crippen LogP contribution in [0.5, 0.6) is 5.75 Å². The van der Waals surface area contributed by atoms with Crippen molar-refractivity contribution in [2.24, 2.45) is 7.05 Å². The third-order valence-electron chi connectivity index (χ3n) is 3.35. The van der Waals surface area contributed by atoms with Gasteiger partial charge in [-0.1, -0.05) is 32.9 Å². The summed E-state index contributed by atoms with van der Waals surface area (Å²) in [6, 6.07) is 7.59. The highest BCUT2D eigenvalue weighted by atomic mass is 16.5. The van der Waals surface area contributed by atoms with Crippen LogP contribution >= 0.6 is 0 Å². The van der Waals surface area contributed by atoms with Gasteiger partial charge in [-0.05, 0) is 24.6 Å². The molecular formula is C17H24N2O2. The average Bonchev–Trinajstić information content (AvgIpc) is 2.81. The van der Waals surface area contributed by atoms with E-state index in [4.69, 9.17) is 4.74 Å². The molecule has 4 nitrogen and oxygen atoms in total. The predicted octanol–water partition coefficient (Wildman–Crippen LogP) is 3.20. The largest absolute Gasteiger partial charge is 0.494 e. The summed E-state index contributed by atoms with van der Waals surface area (Å²) in [5.41, 5.74) is 2.46. The van der Waals surface area contributed by atoms with Crippen molar-refractivity contribution in [2.45, 2.75) is 39.2 Å². The van der Waals surface area contributed by atoms with Crippen molar-refractivity contribution in [1.82, 2.24) is 9.78 Å². The molecule has 1 aromatic carbocycles. The molecule has 0 aliphatic heterocycles. The fourth-order valence-electron chi connectivity index (χ4n) is 2.41. The highest BCUT2D eigenvalue weighted by Crippen LogP contribution is 2.32. The minimum absolute atomic E-state index is 0.116. The van der Waals surface area contributed by atoms with E-state index < -0.39 is 6.10 Å². The van der Waals surface area contributed by atoms with Crippen molar-refractivity contribution in [3.8, 4) is 5.75 Å². The third kappa shape index (κ3) is 3.45. The molecule has 0 fully saturated rings. The third-order valence-corrected chi connectivity index (χ3v) is 3.35. The van der Waals surface area contributed by atoms with Gasteiger partial charge in [-0.25, -0.2) is 0 Å². The molecule has 1 atom stereocenters. The summed E-state index contributed by atoms with van der Waals surface area (Å²) in [6.45, 7) is 8.86. The van der Waals surface area contributed by atoms with E-state index in [0.717, 1.165) is 22.6 Å². The maximum absolute atomic E-state index is 10.7. The molecule has 0 aliphatic carbocycles. The van der Waals surface area contributed by atoms with Gasteiger partial charge in [-0.2, -0.15) is 5.10 Å². The Labute approximate surface area is 126 Å². The molecule has 0 bridgehead atoms. The minimum Gasteiger partial charge on any atom is -0.494 e. The Morgan fingerprint density at radius 2 is 2.05 bits per heavy atom. The van der Waals surface area contributed by atoms with Crippen LogP contribution in [0.3, 0.4) is 0 Å². The van der Waals surface area contributed by atoms with Gasteiger partial charge < -0.3 is 9.84 Å². The molecule has 0 radical (unpaired) electrons. The number of aromatic nitrogens is 2. The zero-order chi connectivity index (χ0) is 15.6. The van der Waals surface area contributed by atoms with Crippen molar-refractivity contribution in [3.05, 3.63) is 47.3 Å². The first-order valence-corrected chi connectivity index (χ1v) is 7.27. The summed E-state index contributed by atoms with van der Waals surface area (Å²) < 4.78 is 7.26. The molecule has 2 aromatic rings. The van der Waals surface area contributed by atoms with Gasteiger partial charge in [-0.15, -0.1) is 0 Å². The number of hydrogen-bond acceptors (Lipinski definition) is 3. The number of aliphatic hydroxyl groups excluding tert-OH is 1. The predicted molar refractivity (Wildman–Crippen MR) is 83.6 cm³/mol. The molecule has 1 N–H and O–H groups in total. The van der Waals surface area contributed by atoms with Crippen LogP contribution in [0.15, 0.2) is 30.5 Å². The second-order valence-electron chi connectivity index (χ2n) is 6.26. The van der Waals surface area contributed by atoms with E-state index in [1.165, 1.54) is 0 Å². The van der Waals surface area contributed by atoms with Crippen LogP contribution in [0.2, 0.25) is 0 Å². The first-order chi connectivity index (χ1) is 9.82. The average molecular weight is 288 g/mol. The van der Waals surface area contributed by atoms with Crippen LogP contribution in [-0.4, -0.2) is 21.5 Å². The molecule has 1 heterocycles. The molecule has 0 aliphatic rings. The summed E-state index contributed by atoms with van der Waals surface area (Å²) in [5.74, 6) is 0.773. The van der Waals surface area contributed by atoms with Crippen molar-refractivity contribution in [3.63, 3.8) is 0 Å². The van der Waals surface area contributed by atoms with E-state index in [9.17, 15) is 5.11 Å². The number of nitrogens with zero attached hydrogens (tertiary/aromatic N) is 2. The highest BCUT2D eigenvalue weighted by Gasteiger charge is 2.26. The lowest BCUT2D eigenvalue weighted by Gasteiger charge is -2.20. The molecule has 0 spiro atoms. The molecule has 0 amide bonds.